The van der Waals surface area contributed by atoms with Gasteiger partial charge in [-0.1, -0.05) is 98.7 Å². The van der Waals surface area contributed by atoms with E-state index in [1.807, 2.05) is 23.1 Å². The maximum absolute atomic E-state index is 3.77. The summed E-state index contributed by atoms with van der Waals surface area (Å²) in [7, 11) is -2.14. The van der Waals surface area contributed by atoms with E-state index in [9.17, 15) is 0 Å². The van der Waals surface area contributed by atoms with E-state index >= 15 is 0 Å². The van der Waals surface area contributed by atoms with Crippen molar-refractivity contribution >= 4 is 77.7 Å². The molecule has 5 aromatic rings. The van der Waals surface area contributed by atoms with Crippen molar-refractivity contribution in [3.8, 4) is 22.9 Å². The summed E-state index contributed by atoms with van der Waals surface area (Å²) in [6.45, 7) is 9.28. The van der Waals surface area contributed by atoms with Crippen molar-refractivity contribution in [2.75, 3.05) is 0 Å². The molecule has 4 aromatic carbocycles. The Hall–Kier alpha value is -3.00. The smallest absolute Gasteiger partial charge is 0.117 e. The van der Waals surface area contributed by atoms with E-state index in [0.29, 0.717) is 11.2 Å². The average Bonchev–Trinajstić information content (AvgIpc) is 3.48. The van der Waals surface area contributed by atoms with Crippen LogP contribution in [-0.4, -0.2) is 17.6 Å². The molecule has 184 valence electrons. The van der Waals surface area contributed by atoms with E-state index in [2.05, 4.69) is 122 Å². The van der Waals surface area contributed by atoms with Crippen LogP contribution in [0.1, 0.15) is 39.0 Å². The first-order valence-electron chi connectivity index (χ1n) is 13.4. The van der Waals surface area contributed by atoms with Crippen LogP contribution >= 0.6 is 23.1 Å². The third-order valence-electron chi connectivity index (χ3n) is 7.48. The van der Waals surface area contributed by atoms with Gasteiger partial charge in [-0.05, 0) is 28.8 Å². The molecule has 2 heterocycles. The highest BCUT2D eigenvalue weighted by Crippen LogP contribution is 2.59. The van der Waals surface area contributed by atoms with Crippen LogP contribution in [0.5, 0.6) is 0 Å². The van der Waals surface area contributed by atoms with Gasteiger partial charge in [0.1, 0.15) is 17.6 Å². The van der Waals surface area contributed by atoms with Gasteiger partial charge in [-0.25, -0.2) is 0 Å². The number of allylic oxidation sites excluding steroid dienone is 1. The lowest BCUT2D eigenvalue weighted by molar-refractivity contribution is 0.817. The molecule has 4 heteroatoms. The van der Waals surface area contributed by atoms with E-state index < -0.39 is 17.6 Å². The Balaban J connectivity index is 1.64. The van der Waals surface area contributed by atoms with Crippen molar-refractivity contribution in [1.29, 1.82) is 0 Å². The van der Waals surface area contributed by atoms with Crippen molar-refractivity contribution in [1.82, 2.24) is 0 Å². The van der Waals surface area contributed by atoms with Crippen LogP contribution in [0.3, 0.4) is 0 Å². The van der Waals surface area contributed by atoms with Gasteiger partial charge in [0.25, 0.3) is 0 Å². The number of fused-ring (bicyclic) bond motifs is 10. The Labute approximate surface area is 236 Å². The zero-order valence-corrected chi connectivity index (χ0v) is 26.0. The molecule has 0 saturated carbocycles. The third kappa shape index (κ3) is 3.75. The second kappa shape index (κ2) is 9.33. The van der Waals surface area contributed by atoms with E-state index in [-0.39, 0.29) is 0 Å². The molecule has 0 nitrogen and oxygen atoms in total. The zero-order valence-electron chi connectivity index (χ0n) is 22.1. The van der Waals surface area contributed by atoms with E-state index in [1.54, 1.807) is 0 Å². The number of rotatable bonds is 0. The maximum atomic E-state index is 3.77. The molecule has 0 amide bonds. The summed E-state index contributed by atoms with van der Waals surface area (Å²) in [5.74, 6) is 7.92. The largest absolute Gasteiger partial charge is 0.134 e. The monoisotopic (exact) mass is 556 g/mol. The van der Waals surface area contributed by atoms with Gasteiger partial charge in [0, 0.05) is 58.1 Å². The third-order valence-corrected chi connectivity index (χ3v) is 11.5. The SMILES string of the molecule is C[SiH](C)C#Cc1c2c(c(C#C[SiH](C)C)c3c1ccc1c4ccccc4sc13)C=CC1c3ccccc3SC21. The summed E-state index contributed by atoms with van der Waals surface area (Å²) in [4.78, 5) is 1.40. The molecule has 2 atom stereocenters. The van der Waals surface area contributed by atoms with Crippen LogP contribution in [0, 0.1) is 22.9 Å². The molecule has 0 radical (unpaired) electrons. The first-order valence-corrected chi connectivity index (χ1v) is 20.9. The Morgan fingerprint density at radius 3 is 2.26 bits per heavy atom. The van der Waals surface area contributed by atoms with Crippen molar-refractivity contribution in [3.05, 3.63) is 94.6 Å². The zero-order chi connectivity index (χ0) is 26.0. The summed E-state index contributed by atoms with van der Waals surface area (Å²) in [6.07, 6.45) is 4.82. The molecular formula is C34H28S2Si2. The topological polar surface area (TPSA) is 0 Å². The van der Waals surface area contributed by atoms with Gasteiger partial charge in [-0.3, -0.25) is 0 Å². The Kier molecular flexibility index (Phi) is 5.91. The number of hydrogen-bond acceptors (Lipinski definition) is 2. The molecule has 0 bridgehead atoms. The van der Waals surface area contributed by atoms with Crippen molar-refractivity contribution in [2.24, 2.45) is 0 Å². The van der Waals surface area contributed by atoms with Gasteiger partial charge in [-0.15, -0.1) is 34.2 Å². The maximum Gasteiger partial charge on any atom is 0.117 e. The number of hydrogen-bond donors (Lipinski definition) is 0. The normalized spacial score (nSPS) is 17.3. The summed E-state index contributed by atoms with van der Waals surface area (Å²) < 4.78 is 2.69. The quantitative estimate of drug-likeness (QED) is 0.136. The van der Waals surface area contributed by atoms with E-state index in [4.69, 9.17) is 0 Å². The molecule has 1 aromatic heterocycles. The molecule has 7 rings (SSSR count). The number of thiophene rings is 1. The summed E-state index contributed by atoms with van der Waals surface area (Å²) in [5, 5.41) is 5.60. The average molecular weight is 557 g/mol. The predicted molar refractivity (Wildman–Crippen MR) is 175 cm³/mol. The molecule has 2 unspecified atom stereocenters. The lowest BCUT2D eigenvalue weighted by atomic mass is 9.79. The van der Waals surface area contributed by atoms with Gasteiger partial charge in [0.05, 0.1) is 0 Å². The van der Waals surface area contributed by atoms with Crippen LogP contribution in [-0.2, 0) is 0 Å². The fourth-order valence-corrected chi connectivity index (χ4v) is 9.48. The molecule has 0 N–H and O–H groups in total. The minimum atomic E-state index is -1.07. The summed E-state index contributed by atoms with van der Waals surface area (Å²) in [6, 6.07) is 22.4. The van der Waals surface area contributed by atoms with E-state index in [0.717, 1.165) is 0 Å². The molecule has 1 aliphatic carbocycles. The number of thioether (sulfide) groups is 1. The predicted octanol–water partition coefficient (Wildman–Crippen LogP) is 8.92. The first-order chi connectivity index (χ1) is 18.5. The molecular weight excluding hydrogens is 529 g/mol. The summed E-state index contributed by atoms with van der Waals surface area (Å²) >= 11 is 3.92. The highest BCUT2D eigenvalue weighted by molar-refractivity contribution is 8.00. The fraction of sp³-hybridized carbons (Fsp3) is 0.176. The fourth-order valence-electron chi connectivity index (χ4n) is 5.84. The van der Waals surface area contributed by atoms with Crippen LogP contribution in [0.4, 0.5) is 0 Å². The number of benzene rings is 4. The second-order valence-electron chi connectivity index (χ2n) is 10.8. The Morgan fingerprint density at radius 1 is 0.737 bits per heavy atom. The van der Waals surface area contributed by atoms with Crippen LogP contribution in [0.25, 0.3) is 37.0 Å². The van der Waals surface area contributed by atoms with Crippen molar-refractivity contribution < 1.29 is 0 Å². The van der Waals surface area contributed by atoms with Gasteiger partial charge in [-0.2, -0.15) is 0 Å². The second-order valence-corrected chi connectivity index (χ2v) is 18.3. The minimum absolute atomic E-state index is 0.338. The van der Waals surface area contributed by atoms with Crippen LogP contribution < -0.4 is 0 Å². The first kappa shape index (κ1) is 24.1. The molecule has 1 aliphatic heterocycles. The van der Waals surface area contributed by atoms with Gasteiger partial charge < -0.3 is 0 Å². The molecule has 38 heavy (non-hydrogen) atoms. The molecule has 0 saturated heterocycles. The molecule has 0 fully saturated rings. The lowest BCUT2D eigenvalue weighted by Crippen LogP contribution is -2.12. The van der Waals surface area contributed by atoms with Crippen molar-refractivity contribution in [3.63, 3.8) is 0 Å². The summed E-state index contributed by atoms with van der Waals surface area (Å²) in [5.41, 5.74) is 14.0. The Morgan fingerprint density at radius 2 is 1.45 bits per heavy atom. The van der Waals surface area contributed by atoms with Gasteiger partial charge >= 0.3 is 0 Å². The minimum Gasteiger partial charge on any atom is -0.134 e. The highest BCUT2D eigenvalue weighted by Gasteiger charge is 2.38. The van der Waals surface area contributed by atoms with Crippen molar-refractivity contribution in [2.45, 2.75) is 42.3 Å². The Bertz CT molecular complexity index is 1940. The van der Waals surface area contributed by atoms with E-state index in [1.165, 1.54) is 63.7 Å². The molecule has 2 aliphatic rings. The molecule has 0 spiro atoms. The van der Waals surface area contributed by atoms with Gasteiger partial charge in [0.2, 0.25) is 0 Å². The highest BCUT2D eigenvalue weighted by atomic mass is 32.2. The standard InChI is InChI=1S/C34H28S2Si2/c1-37(2)19-17-25-23-13-15-28-22-10-6-8-12-30(22)36-34(28)32(23)26(18-20-38(3)4)24-14-16-27-21-9-5-7-11-29(21)35-33(27)31(24)25/h5-16,27,33,37-38H,1-4H3. The lowest BCUT2D eigenvalue weighted by Gasteiger charge is -2.27. The van der Waals surface area contributed by atoms with Crippen LogP contribution in [0.2, 0.25) is 26.2 Å². The van der Waals surface area contributed by atoms with Crippen LogP contribution in [0.15, 0.2) is 71.6 Å². The van der Waals surface area contributed by atoms with Gasteiger partial charge in [0.15, 0.2) is 0 Å².